The molecular formula is C27H29N5O4. The quantitative estimate of drug-likeness (QED) is 0.385. The highest BCUT2D eigenvalue weighted by Gasteiger charge is 2.34. The van der Waals surface area contributed by atoms with Gasteiger partial charge >= 0.3 is 0 Å². The first-order valence-electron chi connectivity index (χ1n) is 12.2. The molecule has 1 N–H and O–H groups in total. The van der Waals surface area contributed by atoms with Crippen LogP contribution in [0, 0.1) is 0 Å². The minimum absolute atomic E-state index is 0.0710. The summed E-state index contributed by atoms with van der Waals surface area (Å²) >= 11 is 0. The third kappa shape index (κ3) is 5.10. The maximum Gasteiger partial charge on any atom is 0.247 e. The summed E-state index contributed by atoms with van der Waals surface area (Å²) in [7, 11) is 1.58. The number of nitrogens with zero attached hydrogens (tertiary/aromatic N) is 4. The highest BCUT2D eigenvalue weighted by molar-refractivity contribution is 5.89. The summed E-state index contributed by atoms with van der Waals surface area (Å²) in [4.78, 5) is 29.2. The fraction of sp³-hybridized carbons (Fsp3) is 0.333. The number of hydrogen-bond donors (Lipinski definition) is 1. The topological polar surface area (TPSA) is 102 Å². The summed E-state index contributed by atoms with van der Waals surface area (Å²) in [5, 5.41) is 11.5. The van der Waals surface area contributed by atoms with E-state index in [1.54, 1.807) is 41.2 Å². The van der Waals surface area contributed by atoms with Crippen LogP contribution in [-0.2, 0) is 22.7 Å². The number of para-hydroxylation sites is 1. The van der Waals surface area contributed by atoms with Crippen LogP contribution in [0.4, 0.5) is 0 Å². The zero-order chi connectivity index (χ0) is 24.9. The summed E-state index contributed by atoms with van der Waals surface area (Å²) in [5.41, 5.74) is 2.11. The Morgan fingerprint density at radius 2 is 1.97 bits per heavy atom. The predicted molar refractivity (Wildman–Crippen MR) is 133 cm³/mol. The van der Waals surface area contributed by atoms with Crippen LogP contribution >= 0.6 is 0 Å². The standard InChI is InChI=1S/C27H29N5O4/c1-35-21-11-6-8-19(16-21)26(27(34)28-20-9-2-3-10-20)31(17-22-12-7-15-36-22)25(33)18-32-24-14-5-4-13-23(24)29-30-32/h4-8,11-16,20,26H,2-3,9-10,17-18H2,1H3,(H,28,34). The second kappa shape index (κ2) is 10.6. The van der Waals surface area contributed by atoms with Gasteiger partial charge < -0.3 is 19.4 Å². The second-order valence-corrected chi connectivity index (χ2v) is 9.01. The normalized spacial score (nSPS) is 14.6. The number of carbonyl (C=O) groups is 2. The Kier molecular flexibility index (Phi) is 6.97. The molecule has 1 aliphatic carbocycles. The Hall–Kier alpha value is -4.14. The van der Waals surface area contributed by atoms with E-state index in [4.69, 9.17) is 9.15 Å². The molecular weight excluding hydrogens is 458 g/mol. The Morgan fingerprint density at radius 1 is 1.14 bits per heavy atom. The van der Waals surface area contributed by atoms with E-state index in [9.17, 15) is 9.59 Å². The van der Waals surface area contributed by atoms with Crippen molar-refractivity contribution in [3.8, 4) is 5.75 Å². The molecule has 1 fully saturated rings. The molecule has 1 atom stereocenters. The number of fused-ring (bicyclic) bond motifs is 1. The molecule has 36 heavy (non-hydrogen) atoms. The average molecular weight is 488 g/mol. The smallest absolute Gasteiger partial charge is 0.247 e. The fourth-order valence-electron chi connectivity index (χ4n) is 4.78. The lowest BCUT2D eigenvalue weighted by Crippen LogP contribution is -2.46. The zero-order valence-corrected chi connectivity index (χ0v) is 20.2. The van der Waals surface area contributed by atoms with Crippen LogP contribution in [0.25, 0.3) is 11.0 Å². The van der Waals surface area contributed by atoms with E-state index in [2.05, 4.69) is 15.6 Å². The van der Waals surface area contributed by atoms with E-state index in [-0.39, 0.29) is 30.9 Å². The van der Waals surface area contributed by atoms with Crippen molar-refractivity contribution >= 4 is 22.8 Å². The highest BCUT2D eigenvalue weighted by Crippen LogP contribution is 2.29. The molecule has 9 nitrogen and oxygen atoms in total. The number of aromatic nitrogens is 3. The number of benzene rings is 2. The molecule has 9 heteroatoms. The van der Waals surface area contributed by atoms with Crippen LogP contribution in [0.1, 0.15) is 43.0 Å². The number of methoxy groups -OCH3 is 1. The minimum atomic E-state index is -0.881. The zero-order valence-electron chi connectivity index (χ0n) is 20.2. The van der Waals surface area contributed by atoms with Gasteiger partial charge in [-0.2, -0.15) is 0 Å². The molecule has 1 saturated carbocycles. The molecule has 1 unspecified atom stereocenters. The van der Waals surface area contributed by atoms with E-state index in [1.807, 2.05) is 42.5 Å². The molecule has 0 saturated heterocycles. The lowest BCUT2D eigenvalue weighted by atomic mass is 10.0. The molecule has 2 aromatic carbocycles. The summed E-state index contributed by atoms with van der Waals surface area (Å²) in [6.07, 6.45) is 5.61. The van der Waals surface area contributed by atoms with E-state index in [0.717, 1.165) is 31.2 Å². The van der Waals surface area contributed by atoms with Crippen LogP contribution in [0.15, 0.2) is 71.3 Å². The molecule has 2 heterocycles. The maximum atomic E-state index is 13.9. The summed E-state index contributed by atoms with van der Waals surface area (Å²) in [6, 6.07) is 17.5. The third-order valence-electron chi connectivity index (χ3n) is 6.60. The first-order valence-corrected chi connectivity index (χ1v) is 12.2. The number of carbonyl (C=O) groups excluding carboxylic acids is 2. The molecule has 0 aliphatic heterocycles. The van der Waals surface area contributed by atoms with Crippen LogP contribution in [0.3, 0.4) is 0 Å². The monoisotopic (exact) mass is 487 g/mol. The lowest BCUT2D eigenvalue weighted by Gasteiger charge is -2.32. The number of nitrogens with one attached hydrogen (secondary N) is 1. The van der Waals surface area contributed by atoms with Crippen LogP contribution in [-0.4, -0.2) is 44.9 Å². The average Bonchev–Trinajstić information content (AvgIpc) is 3.67. The highest BCUT2D eigenvalue weighted by atomic mass is 16.5. The van der Waals surface area contributed by atoms with Gasteiger partial charge in [-0.1, -0.05) is 42.3 Å². The third-order valence-corrected chi connectivity index (χ3v) is 6.60. The Morgan fingerprint density at radius 3 is 2.75 bits per heavy atom. The van der Waals surface area contributed by atoms with Gasteiger partial charge in [0, 0.05) is 6.04 Å². The molecule has 2 aromatic heterocycles. The number of hydrogen-bond acceptors (Lipinski definition) is 6. The van der Waals surface area contributed by atoms with Gasteiger partial charge in [0.25, 0.3) is 0 Å². The minimum Gasteiger partial charge on any atom is -0.497 e. The lowest BCUT2D eigenvalue weighted by molar-refractivity contribution is -0.142. The molecule has 186 valence electrons. The van der Waals surface area contributed by atoms with Crippen molar-refractivity contribution in [2.45, 2.75) is 50.9 Å². The van der Waals surface area contributed by atoms with Crippen molar-refractivity contribution in [3.63, 3.8) is 0 Å². The van der Waals surface area contributed by atoms with Gasteiger partial charge in [0.05, 0.1) is 25.4 Å². The van der Waals surface area contributed by atoms with Crippen molar-refractivity contribution < 1.29 is 18.7 Å². The van der Waals surface area contributed by atoms with Gasteiger partial charge in [-0.25, -0.2) is 4.68 Å². The summed E-state index contributed by atoms with van der Waals surface area (Å²) in [5.74, 6) is 0.683. The molecule has 2 amide bonds. The van der Waals surface area contributed by atoms with Crippen molar-refractivity contribution in [3.05, 3.63) is 78.3 Å². The SMILES string of the molecule is COc1cccc(C(C(=O)NC2CCCC2)N(Cc2ccco2)C(=O)Cn2nnc3ccccc32)c1. The fourth-order valence-corrected chi connectivity index (χ4v) is 4.78. The molecule has 4 aromatic rings. The first kappa shape index (κ1) is 23.6. The van der Waals surface area contributed by atoms with Gasteiger partial charge in [-0.05, 0) is 54.8 Å². The molecule has 0 radical (unpaired) electrons. The van der Waals surface area contributed by atoms with Crippen molar-refractivity contribution in [2.24, 2.45) is 0 Å². The largest absolute Gasteiger partial charge is 0.497 e. The van der Waals surface area contributed by atoms with E-state index < -0.39 is 6.04 Å². The number of ether oxygens (including phenoxy) is 1. The van der Waals surface area contributed by atoms with Gasteiger partial charge in [-0.3, -0.25) is 9.59 Å². The number of furan rings is 1. The Labute approximate surface area is 209 Å². The van der Waals surface area contributed by atoms with Crippen LogP contribution < -0.4 is 10.1 Å². The summed E-state index contributed by atoms with van der Waals surface area (Å²) in [6.45, 7) is 0.0524. The Balaban J connectivity index is 1.52. The van der Waals surface area contributed by atoms with Gasteiger partial charge in [0.15, 0.2) is 0 Å². The molecule has 0 spiro atoms. The van der Waals surface area contributed by atoms with Crippen molar-refractivity contribution in [1.29, 1.82) is 0 Å². The number of amides is 2. The van der Waals surface area contributed by atoms with E-state index in [1.165, 1.54) is 0 Å². The van der Waals surface area contributed by atoms with Crippen LogP contribution in [0.2, 0.25) is 0 Å². The van der Waals surface area contributed by atoms with E-state index >= 15 is 0 Å². The van der Waals surface area contributed by atoms with Gasteiger partial charge in [0.2, 0.25) is 11.8 Å². The number of rotatable bonds is 9. The molecule has 5 rings (SSSR count). The van der Waals surface area contributed by atoms with Crippen molar-refractivity contribution in [1.82, 2.24) is 25.2 Å². The summed E-state index contributed by atoms with van der Waals surface area (Å²) < 4.78 is 12.6. The molecule has 0 bridgehead atoms. The molecule has 1 aliphatic rings. The Bertz CT molecular complexity index is 1330. The maximum absolute atomic E-state index is 13.9. The predicted octanol–water partition coefficient (Wildman–Crippen LogP) is 3.86. The van der Waals surface area contributed by atoms with Crippen molar-refractivity contribution in [2.75, 3.05) is 7.11 Å². The second-order valence-electron chi connectivity index (χ2n) is 9.01. The van der Waals surface area contributed by atoms with Gasteiger partial charge in [0.1, 0.15) is 29.6 Å². The van der Waals surface area contributed by atoms with Crippen LogP contribution in [0.5, 0.6) is 5.75 Å². The van der Waals surface area contributed by atoms with E-state index in [0.29, 0.717) is 22.6 Å². The first-order chi connectivity index (χ1) is 17.6. The van der Waals surface area contributed by atoms with Gasteiger partial charge in [-0.15, -0.1) is 5.10 Å².